The Bertz CT molecular complexity index is 1300. The fraction of sp³-hybridized carbons (Fsp3) is 0.214. The molecule has 7 nitrogen and oxygen atoms in total. The molecule has 8 heteroatoms. The van der Waals surface area contributed by atoms with Crippen LogP contribution in [0.15, 0.2) is 78.9 Å². The van der Waals surface area contributed by atoms with Crippen molar-refractivity contribution in [2.24, 2.45) is 0 Å². The van der Waals surface area contributed by atoms with Crippen molar-refractivity contribution in [1.29, 1.82) is 0 Å². The van der Waals surface area contributed by atoms with Crippen molar-refractivity contribution in [2.75, 3.05) is 4.90 Å². The minimum Gasteiger partial charge on any atom is -0.274 e. The molecule has 1 saturated heterocycles. The Balaban J connectivity index is 1.65. The fourth-order valence-corrected chi connectivity index (χ4v) is 3.96. The maximum Gasteiger partial charge on any atom is 0.273 e. The highest BCUT2D eigenvalue weighted by Gasteiger charge is 2.45. The number of amides is 4. The van der Waals surface area contributed by atoms with Crippen molar-refractivity contribution in [1.82, 2.24) is 10.4 Å². The van der Waals surface area contributed by atoms with Gasteiger partial charge in [-0.25, -0.2) is 14.3 Å². The highest BCUT2D eigenvalue weighted by atomic mass is 19.1. The number of anilines is 1. The summed E-state index contributed by atoms with van der Waals surface area (Å²) in [5, 5.41) is 0.916. The smallest absolute Gasteiger partial charge is 0.273 e. The Morgan fingerprint density at radius 3 is 2.08 bits per heavy atom. The molecule has 0 spiro atoms. The topological polar surface area (TPSA) is 86.8 Å². The second kappa shape index (κ2) is 9.73. The average molecular weight is 488 g/mol. The summed E-state index contributed by atoms with van der Waals surface area (Å²) >= 11 is 0. The zero-order chi connectivity index (χ0) is 26.0. The van der Waals surface area contributed by atoms with Crippen LogP contribution in [-0.2, 0) is 15.0 Å². The van der Waals surface area contributed by atoms with E-state index in [1.165, 1.54) is 12.1 Å². The van der Waals surface area contributed by atoms with Gasteiger partial charge in [0.2, 0.25) is 5.91 Å². The Morgan fingerprint density at radius 1 is 0.889 bits per heavy atom. The molecule has 0 saturated carbocycles. The van der Waals surface area contributed by atoms with Crippen LogP contribution in [0.1, 0.15) is 53.5 Å². The maximum absolute atomic E-state index is 13.4. The molecular weight excluding hydrogens is 461 g/mol. The Kier molecular flexibility index (Phi) is 6.70. The van der Waals surface area contributed by atoms with Gasteiger partial charge in [0.1, 0.15) is 11.9 Å². The molecule has 3 aromatic rings. The molecular formula is C28H26FN3O4. The molecule has 0 aliphatic carbocycles. The zero-order valence-corrected chi connectivity index (χ0v) is 20.2. The van der Waals surface area contributed by atoms with E-state index in [1.54, 1.807) is 42.5 Å². The summed E-state index contributed by atoms with van der Waals surface area (Å²) in [5.41, 5.74) is 4.19. The third kappa shape index (κ3) is 5.02. The number of halogens is 1. The lowest BCUT2D eigenvalue weighted by Crippen LogP contribution is -2.54. The molecule has 1 atom stereocenters. The number of hydrazine groups is 1. The Labute approximate surface area is 208 Å². The highest BCUT2D eigenvalue weighted by Crippen LogP contribution is 2.27. The molecule has 1 heterocycles. The lowest BCUT2D eigenvalue weighted by atomic mass is 9.87. The van der Waals surface area contributed by atoms with Gasteiger partial charge >= 0.3 is 0 Å². The molecule has 3 aromatic carbocycles. The predicted octanol–water partition coefficient (Wildman–Crippen LogP) is 4.24. The van der Waals surface area contributed by atoms with Crippen molar-refractivity contribution >= 4 is 29.3 Å². The van der Waals surface area contributed by atoms with E-state index < -0.39 is 35.5 Å². The number of nitrogens with zero attached hydrogens (tertiary/aromatic N) is 2. The van der Waals surface area contributed by atoms with Crippen molar-refractivity contribution in [3.05, 3.63) is 101 Å². The molecule has 1 aliphatic heterocycles. The molecule has 1 N–H and O–H groups in total. The van der Waals surface area contributed by atoms with Gasteiger partial charge in [0, 0.05) is 11.1 Å². The lowest BCUT2D eigenvalue weighted by molar-refractivity contribution is -0.122. The largest absolute Gasteiger partial charge is 0.274 e. The number of hydrogen-bond donors (Lipinski definition) is 1. The number of rotatable bonds is 4. The molecule has 0 aromatic heterocycles. The number of nitrogens with one attached hydrogen (secondary N) is 1. The molecule has 4 rings (SSSR count). The molecule has 1 fully saturated rings. The van der Waals surface area contributed by atoms with E-state index in [0.717, 1.165) is 27.6 Å². The predicted molar refractivity (Wildman–Crippen MR) is 133 cm³/mol. The van der Waals surface area contributed by atoms with Crippen molar-refractivity contribution in [3.63, 3.8) is 0 Å². The van der Waals surface area contributed by atoms with Crippen molar-refractivity contribution in [3.8, 4) is 0 Å². The van der Waals surface area contributed by atoms with Gasteiger partial charge in [-0.1, -0.05) is 51.1 Å². The van der Waals surface area contributed by atoms with Gasteiger partial charge < -0.3 is 0 Å². The van der Waals surface area contributed by atoms with Crippen LogP contribution >= 0.6 is 0 Å². The van der Waals surface area contributed by atoms with Gasteiger partial charge in [0.15, 0.2) is 0 Å². The second-order valence-corrected chi connectivity index (χ2v) is 9.57. The number of imide groups is 1. The average Bonchev–Trinajstić information content (AvgIpc) is 3.16. The molecule has 36 heavy (non-hydrogen) atoms. The van der Waals surface area contributed by atoms with Crippen LogP contribution in [0.5, 0.6) is 0 Å². The van der Waals surface area contributed by atoms with Gasteiger partial charge in [0.05, 0.1) is 12.1 Å². The first-order valence-electron chi connectivity index (χ1n) is 11.5. The molecule has 0 radical (unpaired) electrons. The SMILES string of the molecule is CC(C)(C)c1ccc(C(=O)NN(C(=O)c2ccccc2)C2CC(=O)N(c3ccc(F)cc3)C2=O)cc1. The summed E-state index contributed by atoms with van der Waals surface area (Å²) < 4.78 is 13.4. The van der Waals surface area contributed by atoms with Crippen LogP contribution in [0.3, 0.4) is 0 Å². The number of hydrogen-bond acceptors (Lipinski definition) is 4. The molecule has 4 amide bonds. The Hall–Kier alpha value is -4.33. The number of carbonyl (C=O) groups is 4. The van der Waals surface area contributed by atoms with Crippen LogP contribution in [0, 0.1) is 5.82 Å². The van der Waals surface area contributed by atoms with Gasteiger partial charge in [-0.2, -0.15) is 0 Å². The van der Waals surface area contributed by atoms with Crippen LogP contribution in [0.2, 0.25) is 0 Å². The quantitative estimate of drug-likeness (QED) is 0.441. The maximum atomic E-state index is 13.4. The van der Waals surface area contributed by atoms with Crippen LogP contribution < -0.4 is 10.3 Å². The fourth-order valence-electron chi connectivity index (χ4n) is 3.96. The zero-order valence-electron chi connectivity index (χ0n) is 20.2. The third-order valence-electron chi connectivity index (χ3n) is 5.99. The van der Waals surface area contributed by atoms with Crippen LogP contribution in [-0.4, -0.2) is 34.7 Å². The first-order valence-corrected chi connectivity index (χ1v) is 11.5. The number of benzene rings is 3. The monoisotopic (exact) mass is 487 g/mol. The second-order valence-electron chi connectivity index (χ2n) is 9.57. The standard InChI is InChI=1S/C28H26FN3O4/c1-28(2,3)20-11-9-18(10-12-20)25(34)30-32(26(35)19-7-5-4-6-8-19)23-17-24(33)31(27(23)36)22-15-13-21(29)14-16-22/h4-16,23H,17H2,1-3H3,(H,30,34). The minimum absolute atomic E-state index is 0.106. The first-order chi connectivity index (χ1) is 17.1. The normalized spacial score (nSPS) is 15.7. The molecule has 1 unspecified atom stereocenters. The van der Waals surface area contributed by atoms with Gasteiger partial charge in [-0.3, -0.25) is 24.6 Å². The highest BCUT2D eigenvalue weighted by molar-refractivity contribution is 6.23. The molecule has 1 aliphatic rings. The van der Waals surface area contributed by atoms with E-state index in [1.807, 2.05) is 12.1 Å². The summed E-state index contributed by atoms with van der Waals surface area (Å²) in [6.07, 6.45) is -0.335. The van der Waals surface area contributed by atoms with E-state index in [9.17, 15) is 23.6 Å². The molecule has 0 bridgehead atoms. The van der Waals surface area contributed by atoms with E-state index >= 15 is 0 Å². The summed E-state index contributed by atoms with van der Waals surface area (Å²) in [4.78, 5) is 53.5. The number of carbonyl (C=O) groups excluding carboxylic acids is 4. The lowest BCUT2D eigenvalue weighted by Gasteiger charge is -2.28. The third-order valence-corrected chi connectivity index (χ3v) is 5.99. The minimum atomic E-state index is -1.27. The van der Waals surface area contributed by atoms with Gasteiger partial charge in [0.25, 0.3) is 17.7 Å². The van der Waals surface area contributed by atoms with E-state index in [-0.39, 0.29) is 23.1 Å². The van der Waals surface area contributed by atoms with Crippen LogP contribution in [0.25, 0.3) is 0 Å². The summed E-state index contributed by atoms with van der Waals surface area (Å²) in [6.45, 7) is 6.16. The molecule has 184 valence electrons. The first kappa shape index (κ1) is 24.8. The summed E-state index contributed by atoms with van der Waals surface area (Å²) in [5.74, 6) is -3.01. The van der Waals surface area contributed by atoms with Crippen LogP contribution in [0.4, 0.5) is 10.1 Å². The van der Waals surface area contributed by atoms with E-state index in [0.29, 0.717) is 5.56 Å². The Morgan fingerprint density at radius 2 is 1.50 bits per heavy atom. The van der Waals surface area contributed by atoms with E-state index in [2.05, 4.69) is 26.2 Å². The van der Waals surface area contributed by atoms with Crippen molar-refractivity contribution in [2.45, 2.75) is 38.6 Å². The van der Waals surface area contributed by atoms with Gasteiger partial charge in [-0.05, 0) is 59.5 Å². The summed E-state index contributed by atoms with van der Waals surface area (Å²) in [6, 6.07) is 18.7. The van der Waals surface area contributed by atoms with Crippen molar-refractivity contribution < 1.29 is 23.6 Å². The van der Waals surface area contributed by atoms with E-state index in [4.69, 9.17) is 0 Å². The summed E-state index contributed by atoms with van der Waals surface area (Å²) in [7, 11) is 0. The van der Waals surface area contributed by atoms with Gasteiger partial charge in [-0.15, -0.1) is 0 Å².